The van der Waals surface area contributed by atoms with Crippen molar-refractivity contribution in [3.63, 3.8) is 0 Å². The molecule has 0 saturated carbocycles. The van der Waals surface area contributed by atoms with Crippen molar-refractivity contribution in [3.05, 3.63) is 105 Å². The molecule has 146 valence electrons. The molecule has 0 N–H and O–H groups in total. The third-order valence-electron chi connectivity index (χ3n) is 3.84. The Labute approximate surface area is 171 Å². The Hall–Kier alpha value is -3.58. The highest BCUT2D eigenvalue weighted by molar-refractivity contribution is 7.08. The van der Waals surface area contributed by atoms with E-state index < -0.39 is 11.4 Å². The summed E-state index contributed by atoms with van der Waals surface area (Å²) < 4.78 is 6.06. The average Bonchev–Trinajstić information content (AvgIpc) is 2.76. The van der Waals surface area contributed by atoms with E-state index >= 15 is 0 Å². The molecule has 0 bridgehead atoms. The summed E-state index contributed by atoms with van der Waals surface area (Å²) in [5.41, 5.74) is 1.74. The van der Waals surface area contributed by atoms with Crippen LogP contribution in [0.25, 0.3) is 6.08 Å². The van der Waals surface area contributed by atoms with Crippen molar-refractivity contribution >= 4 is 29.8 Å². The molecule has 6 nitrogen and oxygen atoms in total. The summed E-state index contributed by atoms with van der Waals surface area (Å²) in [6.07, 6.45) is 5.19. The van der Waals surface area contributed by atoms with Gasteiger partial charge in [-0.3, -0.25) is 9.79 Å². The molecule has 0 radical (unpaired) electrons. The summed E-state index contributed by atoms with van der Waals surface area (Å²) in [6.45, 7) is 0.329. The van der Waals surface area contributed by atoms with Crippen molar-refractivity contribution in [2.24, 2.45) is 10.1 Å². The summed E-state index contributed by atoms with van der Waals surface area (Å²) in [6, 6.07) is 20.6. The third-order valence-corrected chi connectivity index (χ3v) is 4.76. The third kappa shape index (κ3) is 5.70. The van der Waals surface area contributed by atoms with Crippen LogP contribution in [0.1, 0.15) is 20.8 Å². The van der Waals surface area contributed by atoms with Crippen molar-refractivity contribution in [1.82, 2.24) is 4.07 Å². The minimum atomic E-state index is -0.592. The number of carbonyl (C=O) groups is 1. The molecule has 0 atom stereocenters. The first-order valence-electron chi connectivity index (χ1n) is 8.84. The molecule has 2 aromatic carbocycles. The minimum Gasteiger partial charge on any atom is -0.465 e. The molecule has 0 fully saturated rings. The molecule has 29 heavy (non-hydrogen) atoms. The highest BCUT2D eigenvalue weighted by Gasteiger charge is 2.11. The molecule has 0 aliphatic carbocycles. The lowest BCUT2D eigenvalue weighted by molar-refractivity contribution is 0.0605. The van der Waals surface area contributed by atoms with Gasteiger partial charge in [0.2, 0.25) is 10.9 Å². The Morgan fingerprint density at radius 3 is 2.48 bits per heavy atom. The summed E-state index contributed by atoms with van der Waals surface area (Å²) in [7, 11) is 1.27. The maximum absolute atomic E-state index is 12.5. The van der Waals surface area contributed by atoms with Gasteiger partial charge in [-0.15, -0.1) is 0 Å². The number of methoxy groups -OCH3 is 1. The number of hydrogen-bond donors (Lipinski definition) is 0. The van der Waals surface area contributed by atoms with Crippen molar-refractivity contribution in [2.75, 3.05) is 7.11 Å². The number of nitrogens with zero attached hydrogens (tertiary/aromatic N) is 3. The van der Waals surface area contributed by atoms with Gasteiger partial charge in [-0.05, 0) is 28.7 Å². The molecule has 0 saturated heterocycles. The van der Waals surface area contributed by atoms with E-state index in [-0.39, 0.29) is 10.4 Å². The average molecular weight is 405 g/mol. The Morgan fingerprint density at radius 2 is 1.79 bits per heavy atom. The zero-order valence-corrected chi connectivity index (χ0v) is 16.6. The summed E-state index contributed by atoms with van der Waals surface area (Å²) >= 11 is 0.994. The SMILES string of the molecule is COC(=O)c1cc(=O)c(=NCc2ccccc2)n(/N=C/C=C/c2ccccc2)s1. The number of rotatable bonds is 6. The van der Waals surface area contributed by atoms with Crippen molar-refractivity contribution in [1.29, 1.82) is 0 Å². The lowest BCUT2D eigenvalue weighted by atomic mass is 10.2. The van der Waals surface area contributed by atoms with Gasteiger partial charge >= 0.3 is 5.97 Å². The maximum Gasteiger partial charge on any atom is 0.349 e. The van der Waals surface area contributed by atoms with Gasteiger partial charge in [0.15, 0.2) is 0 Å². The van der Waals surface area contributed by atoms with Crippen LogP contribution in [0.5, 0.6) is 0 Å². The lowest BCUT2D eigenvalue weighted by Crippen LogP contribution is -2.33. The van der Waals surface area contributed by atoms with Crippen LogP contribution in [0.4, 0.5) is 0 Å². The zero-order chi connectivity index (χ0) is 20.5. The van der Waals surface area contributed by atoms with Crippen molar-refractivity contribution < 1.29 is 9.53 Å². The molecule has 0 aliphatic heterocycles. The molecule has 1 heterocycles. The molecule has 0 unspecified atom stereocenters. The highest BCUT2D eigenvalue weighted by atomic mass is 32.1. The normalized spacial score (nSPS) is 12.0. The minimum absolute atomic E-state index is 0.149. The fraction of sp³-hybridized carbons (Fsp3) is 0.0909. The van der Waals surface area contributed by atoms with Crippen LogP contribution in [0.15, 0.2) is 87.7 Å². The number of benzene rings is 2. The van der Waals surface area contributed by atoms with Crippen LogP contribution in [-0.4, -0.2) is 23.4 Å². The van der Waals surface area contributed by atoms with E-state index in [9.17, 15) is 9.59 Å². The molecule has 0 amide bonds. The number of aromatic nitrogens is 1. The monoisotopic (exact) mass is 405 g/mol. The van der Waals surface area contributed by atoms with E-state index in [0.717, 1.165) is 22.7 Å². The lowest BCUT2D eigenvalue weighted by Gasteiger charge is -2.02. The van der Waals surface area contributed by atoms with Gasteiger partial charge in [-0.25, -0.2) is 4.79 Å². The van der Waals surface area contributed by atoms with E-state index in [4.69, 9.17) is 4.74 Å². The first kappa shape index (κ1) is 20.2. The quantitative estimate of drug-likeness (QED) is 0.466. The van der Waals surface area contributed by atoms with Gasteiger partial charge in [0, 0.05) is 12.3 Å². The van der Waals surface area contributed by atoms with Gasteiger partial charge in [0.05, 0.1) is 13.7 Å². The largest absolute Gasteiger partial charge is 0.465 e. The number of allylic oxidation sites excluding steroid dienone is 1. The summed E-state index contributed by atoms with van der Waals surface area (Å²) in [5, 5.41) is 4.29. The van der Waals surface area contributed by atoms with Crippen molar-refractivity contribution in [3.8, 4) is 0 Å². The number of hydrogen-bond acceptors (Lipinski definition) is 6. The summed E-state index contributed by atoms with van der Waals surface area (Å²) in [5.74, 6) is -0.592. The van der Waals surface area contributed by atoms with Crippen LogP contribution in [0.3, 0.4) is 0 Å². The fourth-order valence-corrected chi connectivity index (χ4v) is 3.26. The smallest absolute Gasteiger partial charge is 0.349 e. The van der Waals surface area contributed by atoms with E-state index in [1.54, 1.807) is 12.3 Å². The zero-order valence-electron chi connectivity index (χ0n) is 15.8. The Kier molecular flexibility index (Phi) is 7.02. The van der Waals surface area contributed by atoms with Gasteiger partial charge < -0.3 is 4.74 Å². The van der Waals surface area contributed by atoms with Crippen LogP contribution in [0, 0.1) is 0 Å². The van der Waals surface area contributed by atoms with E-state index in [0.29, 0.717) is 6.54 Å². The Balaban J connectivity index is 1.96. The fourth-order valence-electron chi connectivity index (χ4n) is 2.42. The van der Waals surface area contributed by atoms with E-state index in [1.807, 2.05) is 66.7 Å². The second-order valence-electron chi connectivity index (χ2n) is 5.89. The maximum atomic E-state index is 12.5. The molecule has 3 aromatic rings. The molecular weight excluding hydrogens is 386 g/mol. The standard InChI is InChI=1S/C22H19N3O3S/c1-28-22(27)20-15-19(26)21(23-16-18-11-6-3-7-12-18)25(29-20)24-14-8-13-17-9-4-2-5-10-17/h2-15H,16H2,1H3/b13-8+,23-21?,24-14+. The number of ether oxygens (including phenoxy) is 1. The second-order valence-corrected chi connectivity index (χ2v) is 6.86. The molecule has 1 aromatic heterocycles. The van der Waals surface area contributed by atoms with Crippen LogP contribution < -0.4 is 10.9 Å². The van der Waals surface area contributed by atoms with Crippen LogP contribution in [0.2, 0.25) is 0 Å². The molecule has 7 heteroatoms. The molecule has 0 spiro atoms. The second kappa shape index (κ2) is 10.1. The number of carbonyl (C=O) groups excluding carboxylic acids is 1. The van der Waals surface area contributed by atoms with E-state index in [1.165, 1.54) is 17.2 Å². The van der Waals surface area contributed by atoms with Gasteiger partial charge in [0.25, 0.3) is 0 Å². The Morgan fingerprint density at radius 1 is 1.10 bits per heavy atom. The topological polar surface area (TPSA) is 73.0 Å². The van der Waals surface area contributed by atoms with E-state index in [2.05, 4.69) is 10.1 Å². The van der Waals surface area contributed by atoms with Gasteiger partial charge in [-0.2, -0.15) is 9.17 Å². The predicted molar refractivity (Wildman–Crippen MR) is 115 cm³/mol. The molecule has 3 rings (SSSR count). The Bertz CT molecular complexity index is 1150. The first-order chi connectivity index (χ1) is 14.2. The van der Waals surface area contributed by atoms with Gasteiger partial charge in [0.1, 0.15) is 4.88 Å². The van der Waals surface area contributed by atoms with Gasteiger partial charge in [-0.1, -0.05) is 66.7 Å². The van der Waals surface area contributed by atoms with Crippen LogP contribution in [-0.2, 0) is 11.3 Å². The number of esters is 1. The molecule has 0 aliphatic rings. The highest BCUT2D eigenvalue weighted by Crippen LogP contribution is 2.05. The molecular formula is C22H19N3O3S. The summed E-state index contributed by atoms with van der Waals surface area (Å²) in [4.78, 5) is 29.0. The van der Waals surface area contributed by atoms with Crippen molar-refractivity contribution in [2.45, 2.75) is 6.54 Å². The predicted octanol–water partition coefficient (Wildman–Crippen LogP) is 3.34. The van der Waals surface area contributed by atoms with Crippen LogP contribution >= 0.6 is 11.5 Å². The first-order valence-corrected chi connectivity index (χ1v) is 9.61.